The van der Waals surface area contributed by atoms with Gasteiger partial charge >= 0.3 is 0 Å². The molecule has 100 valence electrons. The Balaban J connectivity index is 1.93. The predicted molar refractivity (Wildman–Crippen MR) is 74.5 cm³/mol. The Morgan fingerprint density at radius 2 is 2.00 bits per heavy atom. The lowest BCUT2D eigenvalue weighted by molar-refractivity contribution is -0.000707. The quantitative estimate of drug-likeness (QED) is 0.834. The fourth-order valence-corrected chi connectivity index (χ4v) is 4.13. The van der Waals surface area contributed by atoms with Crippen LogP contribution in [0.15, 0.2) is 0 Å². The molecule has 0 atom stereocenters. The van der Waals surface area contributed by atoms with E-state index in [4.69, 9.17) is 10.5 Å². The van der Waals surface area contributed by atoms with Gasteiger partial charge in [-0.1, -0.05) is 0 Å². The van der Waals surface area contributed by atoms with Crippen LogP contribution in [0.3, 0.4) is 0 Å². The van der Waals surface area contributed by atoms with Crippen LogP contribution >= 0.6 is 11.8 Å². The van der Waals surface area contributed by atoms with Gasteiger partial charge in [0.05, 0.1) is 0 Å². The summed E-state index contributed by atoms with van der Waals surface area (Å²) in [6.45, 7) is 10.9. The molecular formula is C13H26N2OS. The lowest BCUT2D eigenvalue weighted by Gasteiger charge is -2.44. The van der Waals surface area contributed by atoms with E-state index in [0.717, 1.165) is 39.1 Å². The minimum Gasteiger partial charge on any atom is -0.381 e. The van der Waals surface area contributed by atoms with Crippen molar-refractivity contribution in [2.75, 3.05) is 45.1 Å². The Morgan fingerprint density at radius 1 is 1.29 bits per heavy atom. The standard InChI is InChI=1S/C13H26N2OS/c1-12(2)10-15(5-8-17-12)11-13(9-14)3-6-16-7-4-13/h3-11,14H2,1-2H3. The number of hydrogen-bond acceptors (Lipinski definition) is 4. The molecule has 2 fully saturated rings. The molecule has 2 aliphatic heterocycles. The molecule has 2 rings (SSSR count). The Kier molecular flexibility index (Phi) is 4.40. The highest BCUT2D eigenvalue weighted by Crippen LogP contribution is 2.34. The highest BCUT2D eigenvalue weighted by atomic mass is 32.2. The molecule has 0 radical (unpaired) electrons. The highest BCUT2D eigenvalue weighted by molar-refractivity contribution is 8.00. The highest BCUT2D eigenvalue weighted by Gasteiger charge is 2.36. The number of hydrogen-bond donors (Lipinski definition) is 1. The first-order chi connectivity index (χ1) is 8.05. The van der Waals surface area contributed by atoms with E-state index >= 15 is 0 Å². The summed E-state index contributed by atoms with van der Waals surface area (Å²) in [4.78, 5) is 2.62. The van der Waals surface area contributed by atoms with E-state index in [1.807, 2.05) is 0 Å². The molecular weight excluding hydrogens is 232 g/mol. The van der Waals surface area contributed by atoms with Gasteiger partial charge in [0, 0.05) is 43.3 Å². The average Bonchev–Trinajstić information content (AvgIpc) is 2.29. The van der Waals surface area contributed by atoms with Gasteiger partial charge in [0.1, 0.15) is 0 Å². The van der Waals surface area contributed by atoms with Crippen LogP contribution in [0.4, 0.5) is 0 Å². The molecule has 0 aromatic carbocycles. The molecule has 3 nitrogen and oxygen atoms in total. The zero-order valence-electron chi connectivity index (χ0n) is 11.2. The second kappa shape index (κ2) is 5.47. The van der Waals surface area contributed by atoms with Gasteiger partial charge in [0.25, 0.3) is 0 Å². The Hall–Kier alpha value is 0.230. The van der Waals surface area contributed by atoms with E-state index in [-0.39, 0.29) is 0 Å². The number of nitrogens with two attached hydrogens (primary N) is 1. The summed E-state index contributed by atoms with van der Waals surface area (Å²) >= 11 is 2.10. The van der Waals surface area contributed by atoms with Crippen LogP contribution in [0.2, 0.25) is 0 Å². The second-order valence-corrected chi connectivity index (χ2v) is 7.94. The third-order valence-corrected chi connectivity index (χ3v) is 5.35. The Morgan fingerprint density at radius 3 is 2.59 bits per heavy atom. The summed E-state index contributed by atoms with van der Waals surface area (Å²) in [5.41, 5.74) is 6.35. The molecule has 0 aromatic rings. The van der Waals surface area contributed by atoms with Crippen LogP contribution in [-0.4, -0.2) is 54.8 Å². The maximum atomic E-state index is 6.04. The number of thioether (sulfide) groups is 1. The SMILES string of the molecule is CC1(C)CN(CC2(CN)CCOCC2)CCS1. The third kappa shape index (κ3) is 3.60. The van der Waals surface area contributed by atoms with Gasteiger partial charge in [-0.15, -0.1) is 0 Å². The van der Waals surface area contributed by atoms with Crippen molar-refractivity contribution in [1.82, 2.24) is 4.90 Å². The van der Waals surface area contributed by atoms with Crippen LogP contribution in [0.25, 0.3) is 0 Å². The molecule has 0 bridgehead atoms. The van der Waals surface area contributed by atoms with Crippen molar-refractivity contribution in [3.63, 3.8) is 0 Å². The molecule has 0 aromatic heterocycles. The summed E-state index contributed by atoms with van der Waals surface area (Å²) in [6, 6.07) is 0. The summed E-state index contributed by atoms with van der Waals surface area (Å²) in [6.07, 6.45) is 2.27. The lowest BCUT2D eigenvalue weighted by atomic mass is 9.79. The van der Waals surface area contributed by atoms with Gasteiger partial charge in [-0.25, -0.2) is 0 Å². The minimum absolute atomic E-state index is 0.316. The van der Waals surface area contributed by atoms with Crippen molar-refractivity contribution in [2.24, 2.45) is 11.1 Å². The monoisotopic (exact) mass is 258 g/mol. The first-order valence-corrected chi connectivity index (χ1v) is 7.68. The average molecular weight is 258 g/mol. The number of nitrogens with zero attached hydrogens (tertiary/aromatic N) is 1. The van der Waals surface area contributed by atoms with Crippen molar-refractivity contribution in [3.8, 4) is 0 Å². The molecule has 2 aliphatic rings. The van der Waals surface area contributed by atoms with E-state index in [0.29, 0.717) is 10.2 Å². The van der Waals surface area contributed by atoms with Crippen LogP contribution < -0.4 is 5.73 Å². The summed E-state index contributed by atoms with van der Waals surface area (Å²) in [5.74, 6) is 1.25. The van der Waals surface area contributed by atoms with E-state index < -0.39 is 0 Å². The summed E-state index contributed by atoms with van der Waals surface area (Å²) in [5, 5.41) is 0. The van der Waals surface area contributed by atoms with E-state index in [1.54, 1.807) is 0 Å². The van der Waals surface area contributed by atoms with Gasteiger partial charge in [0.2, 0.25) is 0 Å². The maximum Gasteiger partial charge on any atom is 0.0472 e. The van der Waals surface area contributed by atoms with Gasteiger partial charge in [-0.2, -0.15) is 11.8 Å². The largest absolute Gasteiger partial charge is 0.381 e. The van der Waals surface area contributed by atoms with E-state index in [9.17, 15) is 0 Å². The molecule has 0 saturated carbocycles. The second-order valence-electron chi connectivity index (χ2n) is 6.14. The lowest BCUT2D eigenvalue weighted by Crippen LogP contribution is -2.51. The van der Waals surface area contributed by atoms with Gasteiger partial charge in [-0.05, 0) is 38.6 Å². The zero-order valence-corrected chi connectivity index (χ0v) is 12.0. The van der Waals surface area contributed by atoms with Crippen molar-refractivity contribution >= 4 is 11.8 Å². The van der Waals surface area contributed by atoms with Crippen molar-refractivity contribution < 1.29 is 4.74 Å². The molecule has 2 saturated heterocycles. The zero-order chi connectivity index (χ0) is 12.4. The van der Waals surface area contributed by atoms with E-state index in [2.05, 4.69) is 30.5 Å². The van der Waals surface area contributed by atoms with Crippen LogP contribution in [0.1, 0.15) is 26.7 Å². The van der Waals surface area contributed by atoms with Crippen molar-refractivity contribution in [1.29, 1.82) is 0 Å². The fraction of sp³-hybridized carbons (Fsp3) is 1.00. The van der Waals surface area contributed by atoms with Crippen LogP contribution in [-0.2, 0) is 4.74 Å². The Labute approximate surface area is 109 Å². The molecule has 0 aliphatic carbocycles. The first-order valence-electron chi connectivity index (χ1n) is 6.69. The maximum absolute atomic E-state index is 6.04. The summed E-state index contributed by atoms with van der Waals surface area (Å²) < 4.78 is 5.88. The summed E-state index contributed by atoms with van der Waals surface area (Å²) in [7, 11) is 0. The predicted octanol–water partition coefficient (Wildman–Crippen LogP) is 1.57. The minimum atomic E-state index is 0.316. The molecule has 0 unspecified atom stereocenters. The normalized spacial score (nSPS) is 29.1. The fourth-order valence-electron chi connectivity index (χ4n) is 2.95. The third-order valence-electron chi connectivity index (χ3n) is 4.05. The van der Waals surface area contributed by atoms with Crippen molar-refractivity contribution in [3.05, 3.63) is 0 Å². The number of rotatable bonds is 3. The Bertz CT molecular complexity index is 252. The van der Waals surface area contributed by atoms with E-state index in [1.165, 1.54) is 18.8 Å². The van der Waals surface area contributed by atoms with Crippen LogP contribution in [0.5, 0.6) is 0 Å². The molecule has 17 heavy (non-hydrogen) atoms. The van der Waals surface area contributed by atoms with Gasteiger partial charge in [0.15, 0.2) is 0 Å². The topological polar surface area (TPSA) is 38.5 Å². The molecule has 4 heteroatoms. The molecule has 0 spiro atoms. The van der Waals surface area contributed by atoms with Crippen molar-refractivity contribution in [2.45, 2.75) is 31.4 Å². The van der Waals surface area contributed by atoms with Gasteiger partial charge in [-0.3, -0.25) is 0 Å². The number of ether oxygens (including phenoxy) is 1. The smallest absolute Gasteiger partial charge is 0.0472 e. The van der Waals surface area contributed by atoms with Gasteiger partial charge < -0.3 is 15.4 Å². The first kappa shape index (κ1) is 13.7. The molecule has 2 heterocycles. The molecule has 0 amide bonds. The molecule has 2 N–H and O–H groups in total. The van der Waals surface area contributed by atoms with Crippen LogP contribution in [0, 0.1) is 5.41 Å².